The molecule has 0 unspecified atom stereocenters. The van der Waals surface area contributed by atoms with Crippen LogP contribution in [0.25, 0.3) is 0 Å². The Balaban J connectivity index is 4.16. The van der Waals surface area contributed by atoms with Crippen LogP contribution >= 0.6 is 12.8 Å². The molecule has 0 aliphatic carbocycles. The summed E-state index contributed by atoms with van der Waals surface area (Å²) in [6.45, 7) is 2.02. The van der Waals surface area contributed by atoms with Gasteiger partial charge < -0.3 is 26.8 Å². The van der Waals surface area contributed by atoms with Crippen molar-refractivity contribution in [3.8, 4) is 0 Å². The highest BCUT2D eigenvalue weighted by Gasteiger charge is 2.26. The topological polar surface area (TPSA) is 146 Å². The van der Waals surface area contributed by atoms with Gasteiger partial charge in [0.1, 0.15) is 6.04 Å². The first-order chi connectivity index (χ1) is 10.8. The Hall–Kier alpha value is -1.36. The number of aliphatic hydroxyl groups is 1. The maximum atomic E-state index is 12.1. The third kappa shape index (κ3) is 9.39. The van der Waals surface area contributed by atoms with E-state index < -0.39 is 30.0 Å². The van der Waals surface area contributed by atoms with Crippen LogP contribution in [-0.2, 0) is 14.4 Å². The fourth-order valence-electron chi connectivity index (χ4n) is 1.93. The lowest BCUT2D eigenvalue weighted by atomic mass is 10.1. The van der Waals surface area contributed by atoms with Crippen LogP contribution in [0.15, 0.2) is 0 Å². The largest absolute Gasteiger partial charge is 0.391 e. The van der Waals surface area contributed by atoms with Crippen molar-refractivity contribution in [1.29, 1.82) is 0 Å². The normalized spacial score (nSPS) is 14.6. The van der Waals surface area contributed by atoms with E-state index in [2.05, 4.69) is 33.5 Å². The van der Waals surface area contributed by atoms with Crippen molar-refractivity contribution in [2.45, 2.75) is 44.4 Å². The second kappa shape index (κ2) is 12.1. The first-order valence-corrected chi connectivity index (χ1v) is 7.86. The number of hydrogen-bond donors (Lipinski definition) is 7. The lowest BCUT2D eigenvalue weighted by Crippen LogP contribution is -2.55. The second-order valence-corrected chi connectivity index (χ2v) is 5.47. The van der Waals surface area contributed by atoms with Crippen LogP contribution < -0.4 is 26.4 Å². The van der Waals surface area contributed by atoms with E-state index in [4.69, 9.17) is 5.73 Å². The molecule has 3 atom stereocenters. The van der Waals surface area contributed by atoms with Crippen molar-refractivity contribution in [1.82, 2.24) is 20.7 Å². The quantitative estimate of drug-likeness (QED) is 0.155. The molecule has 0 fully saturated rings. The van der Waals surface area contributed by atoms with Crippen LogP contribution in [0, 0.1) is 0 Å². The molecule has 0 aliphatic rings. The number of carbonyl (C=O) groups excluding carboxylic acids is 3. The van der Waals surface area contributed by atoms with Crippen molar-refractivity contribution in [2.24, 2.45) is 5.73 Å². The molecule has 23 heavy (non-hydrogen) atoms. The van der Waals surface area contributed by atoms with E-state index in [0.29, 0.717) is 25.8 Å². The Labute approximate surface area is 141 Å². The fraction of sp³-hybridized carbons (Fsp3) is 0.769. The minimum atomic E-state index is -1.12. The Bertz CT molecular complexity index is 395. The summed E-state index contributed by atoms with van der Waals surface area (Å²) in [6, 6.07) is -1.63. The van der Waals surface area contributed by atoms with Gasteiger partial charge in [0.05, 0.1) is 18.7 Å². The molecule has 7 N–H and O–H groups in total. The van der Waals surface area contributed by atoms with Gasteiger partial charge >= 0.3 is 0 Å². The second-order valence-electron chi connectivity index (χ2n) is 5.15. The smallest absolute Gasteiger partial charge is 0.242 e. The predicted molar refractivity (Wildman–Crippen MR) is 89.5 cm³/mol. The number of nitrogens with one attached hydrogen (secondary N) is 4. The average molecular weight is 349 g/mol. The number of carbonyl (C=O) groups is 3. The lowest BCUT2D eigenvalue weighted by Gasteiger charge is -2.22. The van der Waals surface area contributed by atoms with Crippen LogP contribution in [-0.4, -0.2) is 61.2 Å². The molecule has 0 aromatic carbocycles. The summed E-state index contributed by atoms with van der Waals surface area (Å²) in [5.41, 5.74) is 5.14. The lowest BCUT2D eigenvalue weighted by molar-refractivity contribution is -0.130. The number of amides is 3. The van der Waals surface area contributed by atoms with Crippen molar-refractivity contribution in [2.75, 3.05) is 20.1 Å². The van der Waals surface area contributed by atoms with E-state index in [-0.39, 0.29) is 12.5 Å². The number of aliphatic hydroxyl groups excluding tert-OH is 1. The highest BCUT2D eigenvalue weighted by molar-refractivity contribution is 7.78. The SMILES string of the molecule is CN[C@@H](CCCCNC(=O)CNS)C(=O)N[C@H](C(N)=O)[C@@H](C)O. The molecule has 9 nitrogen and oxygen atoms in total. The van der Waals surface area contributed by atoms with Crippen molar-refractivity contribution >= 4 is 30.5 Å². The van der Waals surface area contributed by atoms with Gasteiger partial charge in [-0.1, -0.05) is 12.8 Å². The molecule has 0 bridgehead atoms. The van der Waals surface area contributed by atoms with Crippen LogP contribution in [0.2, 0.25) is 0 Å². The Morgan fingerprint density at radius 1 is 1.26 bits per heavy atom. The van der Waals surface area contributed by atoms with Crippen molar-refractivity contribution in [3.05, 3.63) is 0 Å². The van der Waals surface area contributed by atoms with E-state index in [1.54, 1.807) is 7.05 Å². The van der Waals surface area contributed by atoms with Gasteiger partial charge in [-0.15, -0.1) is 0 Å². The molecule has 0 rings (SSSR count). The molecule has 0 spiro atoms. The van der Waals surface area contributed by atoms with Gasteiger partial charge in [-0.05, 0) is 33.2 Å². The summed E-state index contributed by atoms with van der Waals surface area (Å²) in [6.07, 6.45) is 0.863. The number of hydrogen-bond acceptors (Lipinski definition) is 7. The van der Waals surface area contributed by atoms with Crippen molar-refractivity contribution in [3.63, 3.8) is 0 Å². The van der Waals surface area contributed by atoms with Crippen LogP contribution in [0.1, 0.15) is 26.2 Å². The molecule has 0 heterocycles. The molecule has 10 heteroatoms. The predicted octanol–water partition coefficient (Wildman–Crippen LogP) is -2.35. The number of primary amides is 1. The van der Waals surface area contributed by atoms with Gasteiger partial charge in [0, 0.05) is 6.54 Å². The first-order valence-electron chi connectivity index (χ1n) is 7.42. The van der Waals surface area contributed by atoms with Gasteiger partial charge in [0.15, 0.2) is 0 Å². The maximum absolute atomic E-state index is 12.1. The van der Waals surface area contributed by atoms with Gasteiger partial charge in [0.2, 0.25) is 17.7 Å². The average Bonchev–Trinajstić information content (AvgIpc) is 2.47. The first kappa shape index (κ1) is 21.6. The van der Waals surface area contributed by atoms with Crippen LogP contribution in [0.5, 0.6) is 0 Å². The standard InChI is InChI=1S/C13H27N5O4S/c1-8(19)11(12(14)21)18-13(22)9(15-2)5-3-4-6-16-10(20)7-17-23/h8-9,11,15,17,19,23H,3-7H2,1-2H3,(H2,14,21)(H,16,20)(H,18,22)/t8-,9+,11+/m1/s1. The maximum Gasteiger partial charge on any atom is 0.242 e. The molecule has 134 valence electrons. The highest BCUT2D eigenvalue weighted by atomic mass is 32.1. The number of thiol groups is 1. The summed E-state index contributed by atoms with van der Waals surface area (Å²) < 4.78 is 2.45. The monoisotopic (exact) mass is 349 g/mol. The van der Waals surface area contributed by atoms with Gasteiger partial charge in [0.25, 0.3) is 0 Å². The Morgan fingerprint density at radius 3 is 2.39 bits per heavy atom. The van der Waals surface area contributed by atoms with Crippen LogP contribution in [0.4, 0.5) is 0 Å². The van der Waals surface area contributed by atoms with Crippen LogP contribution in [0.3, 0.4) is 0 Å². The number of likely N-dealkylation sites (N-methyl/N-ethyl adjacent to an activating group) is 1. The number of rotatable bonds is 12. The zero-order valence-electron chi connectivity index (χ0n) is 13.5. The number of nitrogens with two attached hydrogens (primary N) is 1. The summed E-state index contributed by atoms with van der Waals surface area (Å²) in [7, 11) is 1.63. The molecule has 0 aromatic rings. The highest BCUT2D eigenvalue weighted by Crippen LogP contribution is 2.02. The molecule has 0 saturated heterocycles. The Morgan fingerprint density at radius 2 is 1.91 bits per heavy atom. The molecular weight excluding hydrogens is 322 g/mol. The van der Waals surface area contributed by atoms with E-state index in [9.17, 15) is 19.5 Å². The van der Waals surface area contributed by atoms with Gasteiger partial charge in [-0.3, -0.25) is 19.1 Å². The fourth-order valence-corrected chi connectivity index (χ4v) is 2.07. The zero-order valence-corrected chi connectivity index (χ0v) is 14.4. The minimum Gasteiger partial charge on any atom is -0.391 e. The van der Waals surface area contributed by atoms with E-state index in [1.165, 1.54) is 6.92 Å². The molecule has 0 radical (unpaired) electrons. The van der Waals surface area contributed by atoms with Gasteiger partial charge in [-0.2, -0.15) is 0 Å². The van der Waals surface area contributed by atoms with Gasteiger partial charge in [-0.25, -0.2) is 0 Å². The minimum absolute atomic E-state index is 0.137. The third-order valence-corrected chi connectivity index (χ3v) is 3.39. The molecule has 0 saturated carbocycles. The summed E-state index contributed by atoms with van der Waals surface area (Å²) in [5.74, 6) is -1.34. The summed E-state index contributed by atoms with van der Waals surface area (Å²) >= 11 is 3.73. The van der Waals surface area contributed by atoms with Crippen molar-refractivity contribution < 1.29 is 19.5 Å². The number of unbranched alkanes of at least 4 members (excludes halogenated alkanes) is 1. The molecule has 0 aromatic heterocycles. The molecule has 0 aliphatic heterocycles. The van der Waals surface area contributed by atoms with E-state index in [0.717, 1.165) is 0 Å². The summed E-state index contributed by atoms with van der Waals surface area (Å²) in [4.78, 5) is 34.4. The Kier molecular flexibility index (Phi) is 11.4. The summed E-state index contributed by atoms with van der Waals surface area (Å²) in [5, 5.41) is 17.4. The zero-order chi connectivity index (χ0) is 17.8. The third-order valence-electron chi connectivity index (χ3n) is 3.23. The molecular formula is C13H27N5O4S. The van der Waals surface area contributed by atoms with E-state index in [1.807, 2.05) is 0 Å². The molecule has 3 amide bonds. The van der Waals surface area contributed by atoms with E-state index >= 15 is 0 Å².